The molecule has 76 valence electrons. The number of aromatic nitrogens is 4. The molecule has 1 aliphatic carbocycles. The van der Waals surface area contributed by atoms with Gasteiger partial charge in [0.1, 0.15) is 0 Å². The largest absolute Gasteiger partial charge is 0.224 e. The Balaban J connectivity index is 2.07. The molecule has 2 aromatic rings. The standard InChI is InChI=1S/C10H9ClN4/c11-10-13-8(7-2-3-7)6-9(14-10)15-5-1-4-12-15/h1,4-7H,2-3H2. The first-order valence-electron chi connectivity index (χ1n) is 4.87. The normalized spacial score (nSPS) is 15.5. The average molecular weight is 221 g/mol. The Kier molecular flexibility index (Phi) is 1.95. The molecule has 0 saturated heterocycles. The second kappa shape index (κ2) is 3.31. The quantitative estimate of drug-likeness (QED) is 0.729. The molecule has 1 aliphatic rings. The van der Waals surface area contributed by atoms with Crippen LogP contribution in [0.15, 0.2) is 24.5 Å². The summed E-state index contributed by atoms with van der Waals surface area (Å²) in [4.78, 5) is 8.36. The summed E-state index contributed by atoms with van der Waals surface area (Å²) < 4.78 is 1.69. The molecule has 15 heavy (non-hydrogen) atoms. The number of nitrogens with zero attached hydrogens (tertiary/aromatic N) is 4. The zero-order chi connectivity index (χ0) is 10.3. The fourth-order valence-corrected chi connectivity index (χ4v) is 1.72. The van der Waals surface area contributed by atoms with Crippen LogP contribution in [-0.4, -0.2) is 19.7 Å². The van der Waals surface area contributed by atoms with Crippen molar-refractivity contribution in [2.45, 2.75) is 18.8 Å². The van der Waals surface area contributed by atoms with Gasteiger partial charge in [-0.3, -0.25) is 0 Å². The zero-order valence-electron chi connectivity index (χ0n) is 7.97. The number of rotatable bonds is 2. The van der Waals surface area contributed by atoms with Gasteiger partial charge < -0.3 is 0 Å². The maximum atomic E-state index is 5.88. The Bertz CT molecular complexity index is 476. The van der Waals surface area contributed by atoms with Crippen LogP contribution >= 0.6 is 11.6 Å². The minimum atomic E-state index is 0.296. The van der Waals surface area contributed by atoms with Crippen molar-refractivity contribution in [3.63, 3.8) is 0 Å². The van der Waals surface area contributed by atoms with Crippen molar-refractivity contribution in [3.05, 3.63) is 35.5 Å². The van der Waals surface area contributed by atoms with E-state index in [2.05, 4.69) is 15.1 Å². The molecule has 2 aromatic heterocycles. The molecule has 0 bridgehead atoms. The van der Waals surface area contributed by atoms with Crippen molar-refractivity contribution in [1.29, 1.82) is 0 Å². The molecule has 0 atom stereocenters. The van der Waals surface area contributed by atoms with Crippen LogP contribution < -0.4 is 0 Å². The Morgan fingerprint density at radius 3 is 2.87 bits per heavy atom. The highest BCUT2D eigenvalue weighted by molar-refractivity contribution is 6.28. The zero-order valence-corrected chi connectivity index (χ0v) is 8.72. The van der Waals surface area contributed by atoms with Gasteiger partial charge in [-0.1, -0.05) is 0 Å². The molecule has 0 spiro atoms. The fourth-order valence-electron chi connectivity index (χ4n) is 1.53. The van der Waals surface area contributed by atoms with Crippen LogP contribution in [0.2, 0.25) is 5.28 Å². The predicted molar refractivity (Wildman–Crippen MR) is 56.1 cm³/mol. The Morgan fingerprint density at radius 1 is 1.33 bits per heavy atom. The number of halogens is 1. The minimum Gasteiger partial charge on any atom is -0.223 e. The van der Waals surface area contributed by atoms with Gasteiger partial charge >= 0.3 is 0 Å². The molecule has 0 radical (unpaired) electrons. The van der Waals surface area contributed by atoms with E-state index in [1.165, 1.54) is 12.8 Å². The van der Waals surface area contributed by atoms with Gasteiger partial charge in [-0.2, -0.15) is 10.1 Å². The first-order chi connectivity index (χ1) is 7.33. The van der Waals surface area contributed by atoms with Gasteiger partial charge in [-0.15, -0.1) is 0 Å². The van der Waals surface area contributed by atoms with Crippen LogP contribution in [-0.2, 0) is 0 Å². The van der Waals surface area contributed by atoms with Gasteiger partial charge in [0.05, 0.1) is 5.69 Å². The lowest BCUT2D eigenvalue weighted by atomic mass is 10.3. The summed E-state index contributed by atoms with van der Waals surface area (Å²) in [6.07, 6.45) is 5.96. The average Bonchev–Trinajstić information content (AvgIpc) is 2.93. The SMILES string of the molecule is Clc1nc(C2CC2)cc(-n2cccn2)n1. The van der Waals surface area contributed by atoms with Crippen molar-refractivity contribution in [1.82, 2.24) is 19.7 Å². The Morgan fingerprint density at radius 2 is 2.20 bits per heavy atom. The summed E-state index contributed by atoms with van der Waals surface area (Å²) in [5, 5.41) is 4.41. The third-order valence-corrected chi connectivity index (χ3v) is 2.61. The Labute approximate surface area is 91.9 Å². The molecule has 5 heteroatoms. The van der Waals surface area contributed by atoms with Crippen molar-refractivity contribution in [2.24, 2.45) is 0 Å². The molecule has 3 rings (SSSR count). The van der Waals surface area contributed by atoms with Crippen LogP contribution in [0.4, 0.5) is 0 Å². The lowest BCUT2D eigenvalue weighted by Crippen LogP contribution is -2.01. The molecule has 0 unspecified atom stereocenters. The molecular weight excluding hydrogens is 212 g/mol. The molecule has 0 amide bonds. The first-order valence-corrected chi connectivity index (χ1v) is 5.25. The van der Waals surface area contributed by atoms with E-state index in [1.54, 1.807) is 10.9 Å². The predicted octanol–water partition coefficient (Wildman–Crippen LogP) is 2.19. The first kappa shape index (κ1) is 8.85. The molecule has 0 N–H and O–H groups in total. The fraction of sp³-hybridized carbons (Fsp3) is 0.300. The summed E-state index contributed by atoms with van der Waals surface area (Å²) in [6.45, 7) is 0. The van der Waals surface area contributed by atoms with Crippen molar-refractivity contribution < 1.29 is 0 Å². The lowest BCUT2D eigenvalue weighted by Gasteiger charge is -2.03. The third-order valence-electron chi connectivity index (χ3n) is 2.44. The molecule has 1 fully saturated rings. The van der Waals surface area contributed by atoms with E-state index in [-0.39, 0.29) is 0 Å². The number of hydrogen-bond acceptors (Lipinski definition) is 3. The van der Waals surface area contributed by atoms with Crippen LogP contribution in [0, 0.1) is 0 Å². The van der Waals surface area contributed by atoms with Crippen LogP contribution in [0.3, 0.4) is 0 Å². The van der Waals surface area contributed by atoms with Gasteiger partial charge in [0.2, 0.25) is 5.28 Å². The van der Waals surface area contributed by atoms with E-state index in [4.69, 9.17) is 11.6 Å². The molecule has 1 saturated carbocycles. The highest BCUT2D eigenvalue weighted by Gasteiger charge is 2.26. The van der Waals surface area contributed by atoms with Crippen molar-refractivity contribution in [3.8, 4) is 5.82 Å². The number of hydrogen-bond donors (Lipinski definition) is 0. The topological polar surface area (TPSA) is 43.6 Å². The molecule has 4 nitrogen and oxygen atoms in total. The summed E-state index contributed by atoms with van der Waals surface area (Å²) in [5.74, 6) is 1.31. The van der Waals surface area contributed by atoms with E-state index < -0.39 is 0 Å². The van der Waals surface area contributed by atoms with Crippen LogP contribution in [0.5, 0.6) is 0 Å². The van der Waals surface area contributed by atoms with Gasteiger partial charge in [0.15, 0.2) is 5.82 Å². The maximum absolute atomic E-state index is 5.88. The van der Waals surface area contributed by atoms with E-state index in [1.807, 2.05) is 18.3 Å². The lowest BCUT2D eigenvalue weighted by molar-refractivity contribution is 0.827. The van der Waals surface area contributed by atoms with Gasteiger partial charge in [0, 0.05) is 24.4 Å². The van der Waals surface area contributed by atoms with E-state index in [0.29, 0.717) is 11.2 Å². The smallest absolute Gasteiger partial charge is 0.223 e. The van der Waals surface area contributed by atoms with E-state index in [9.17, 15) is 0 Å². The van der Waals surface area contributed by atoms with E-state index in [0.717, 1.165) is 11.5 Å². The molecule has 2 heterocycles. The van der Waals surface area contributed by atoms with Crippen molar-refractivity contribution in [2.75, 3.05) is 0 Å². The van der Waals surface area contributed by atoms with E-state index >= 15 is 0 Å². The second-order valence-corrected chi connectivity index (χ2v) is 3.98. The highest BCUT2D eigenvalue weighted by atomic mass is 35.5. The van der Waals surface area contributed by atoms with Gasteiger partial charge in [-0.05, 0) is 30.5 Å². The van der Waals surface area contributed by atoms with Crippen LogP contribution in [0.1, 0.15) is 24.5 Å². The second-order valence-electron chi connectivity index (χ2n) is 3.64. The molecular formula is C10H9ClN4. The monoisotopic (exact) mass is 220 g/mol. The molecule has 0 aromatic carbocycles. The molecule has 0 aliphatic heterocycles. The van der Waals surface area contributed by atoms with Gasteiger partial charge in [-0.25, -0.2) is 9.67 Å². The van der Waals surface area contributed by atoms with Crippen molar-refractivity contribution >= 4 is 11.6 Å². The highest BCUT2D eigenvalue weighted by Crippen LogP contribution is 2.39. The third kappa shape index (κ3) is 1.72. The maximum Gasteiger partial charge on any atom is 0.224 e. The summed E-state index contributed by atoms with van der Waals surface area (Å²) in [5.41, 5.74) is 1.03. The summed E-state index contributed by atoms with van der Waals surface area (Å²) in [7, 11) is 0. The Hall–Kier alpha value is -1.42. The van der Waals surface area contributed by atoms with Crippen LogP contribution in [0.25, 0.3) is 5.82 Å². The van der Waals surface area contributed by atoms with Gasteiger partial charge in [0.25, 0.3) is 0 Å². The summed E-state index contributed by atoms with van der Waals surface area (Å²) in [6, 6.07) is 3.81. The summed E-state index contributed by atoms with van der Waals surface area (Å²) >= 11 is 5.88. The minimum absolute atomic E-state index is 0.296.